The monoisotopic (exact) mass is 620 g/mol. The van der Waals surface area contributed by atoms with Crippen molar-refractivity contribution in [1.29, 1.82) is 0 Å². The summed E-state index contributed by atoms with van der Waals surface area (Å²) in [4.78, 5) is 49.7. The van der Waals surface area contributed by atoms with Crippen molar-refractivity contribution in [2.75, 3.05) is 0 Å². The van der Waals surface area contributed by atoms with E-state index in [9.17, 15) is 29.4 Å². The van der Waals surface area contributed by atoms with Crippen LogP contribution >= 0.6 is 0 Å². The van der Waals surface area contributed by atoms with Crippen LogP contribution in [-0.4, -0.2) is 34.1 Å². The molecule has 246 valence electrons. The van der Waals surface area contributed by atoms with Gasteiger partial charge in [-0.15, -0.1) is 0 Å². The Morgan fingerprint density at radius 1 is 0.711 bits per heavy atom. The van der Waals surface area contributed by atoms with Gasteiger partial charge in [-0.05, 0) is 61.5 Å². The lowest BCUT2D eigenvalue weighted by molar-refractivity contribution is -0.164. The Balaban J connectivity index is 2.17. The van der Waals surface area contributed by atoms with Crippen LogP contribution < -0.4 is 0 Å². The van der Waals surface area contributed by atoms with Crippen molar-refractivity contribution in [3.05, 3.63) is 69.8 Å². The van der Waals surface area contributed by atoms with Gasteiger partial charge in [0, 0.05) is 11.8 Å². The third-order valence-corrected chi connectivity index (χ3v) is 9.17. The molecule has 2 unspecified atom stereocenters. The first kappa shape index (κ1) is 36.0. The van der Waals surface area contributed by atoms with Gasteiger partial charge in [0.2, 0.25) is 0 Å². The van der Waals surface area contributed by atoms with Gasteiger partial charge in [0.1, 0.15) is 0 Å². The Kier molecular flexibility index (Phi) is 10.2. The average molecular weight is 621 g/mol. The smallest absolute Gasteiger partial charge is 0.314 e. The number of carboxylic acids is 2. The van der Waals surface area contributed by atoms with Gasteiger partial charge < -0.3 is 14.9 Å². The Hall–Kier alpha value is -3.48. The van der Waals surface area contributed by atoms with E-state index in [0.29, 0.717) is 0 Å². The number of esters is 2. The SMILES string of the molecule is CC(C)(C)c1cc(C(CC(=O)O)C(CC(C)(C)c2cc(C3CC(=O)OC(=O)C3)cc(C(C)(C)C)c2)C(=O)O)cc(C(C)(C)C)c1. The molecule has 0 radical (unpaired) electrons. The summed E-state index contributed by atoms with van der Waals surface area (Å²) in [6.07, 6.45) is 0.0586. The molecule has 2 aromatic carbocycles. The zero-order chi connectivity index (χ0) is 34.3. The summed E-state index contributed by atoms with van der Waals surface area (Å²) in [5.41, 5.74) is 4.14. The molecular formula is C38H52O7. The fraction of sp³-hybridized carbons (Fsp3) is 0.579. The predicted molar refractivity (Wildman–Crippen MR) is 176 cm³/mol. The molecule has 45 heavy (non-hydrogen) atoms. The van der Waals surface area contributed by atoms with E-state index in [1.807, 2.05) is 38.1 Å². The molecule has 0 spiro atoms. The summed E-state index contributed by atoms with van der Waals surface area (Å²) in [6, 6.07) is 12.2. The lowest BCUT2D eigenvalue weighted by Crippen LogP contribution is -2.32. The van der Waals surface area contributed by atoms with E-state index in [1.165, 1.54) is 0 Å². The molecule has 2 atom stereocenters. The van der Waals surface area contributed by atoms with Crippen LogP contribution in [0.4, 0.5) is 0 Å². The molecule has 3 rings (SSSR count). The van der Waals surface area contributed by atoms with Gasteiger partial charge in [-0.1, -0.05) is 113 Å². The van der Waals surface area contributed by atoms with Crippen molar-refractivity contribution in [3.8, 4) is 0 Å². The fourth-order valence-corrected chi connectivity index (χ4v) is 6.11. The van der Waals surface area contributed by atoms with Crippen LogP contribution in [0.2, 0.25) is 0 Å². The minimum Gasteiger partial charge on any atom is -0.481 e. The normalized spacial score (nSPS) is 16.7. The maximum absolute atomic E-state index is 13.1. The molecule has 0 aromatic heterocycles. The average Bonchev–Trinajstić information content (AvgIpc) is 2.87. The number of rotatable bonds is 9. The number of carboxylic acid groups (broad SMARTS) is 2. The predicted octanol–water partition coefficient (Wildman–Crippen LogP) is 8.15. The minimum atomic E-state index is -1.05. The molecule has 0 aliphatic carbocycles. The largest absolute Gasteiger partial charge is 0.481 e. The summed E-state index contributed by atoms with van der Waals surface area (Å²) in [5.74, 6) is -5.28. The highest BCUT2D eigenvalue weighted by Gasteiger charge is 2.39. The highest BCUT2D eigenvalue weighted by molar-refractivity contribution is 5.89. The number of cyclic esters (lactones) is 2. The Morgan fingerprint density at radius 2 is 1.13 bits per heavy atom. The first-order valence-corrected chi connectivity index (χ1v) is 15.9. The molecule has 1 aliphatic rings. The Bertz CT molecular complexity index is 1410. The number of carbonyl (C=O) groups excluding carboxylic acids is 2. The van der Waals surface area contributed by atoms with E-state index in [2.05, 4.69) is 74.4 Å². The third kappa shape index (κ3) is 9.05. The van der Waals surface area contributed by atoms with Crippen LogP contribution in [0.5, 0.6) is 0 Å². The summed E-state index contributed by atoms with van der Waals surface area (Å²) in [5, 5.41) is 20.7. The van der Waals surface area contributed by atoms with Gasteiger partial charge in [0.25, 0.3) is 0 Å². The summed E-state index contributed by atoms with van der Waals surface area (Å²) in [7, 11) is 0. The number of ether oxygens (including phenoxy) is 1. The van der Waals surface area contributed by atoms with Crippen molar-refractivity contribution in [1.82, 2.24) is 0 Å². The van der Waals surface area contributed by atoms with Crippen molar-refractivity contribution in [3.63, 3.8) is 0 Å². The van der Waals surface area contributed by atoms with E-state index in [0.717, 1.165) is 33.4 Å². The molecule has 2 N–H and O–H groups in total. The third-order valence-electron chi connectivity index (χ3n) is 9.17. The minimum absolute atomic E-state index is 0.0951. The van der Waals surface area contributed by atoms with Crippen LogP contribution in [0, 0.1) is 5.92 Å². The highest BCUT2D eigenvalue weighted by atomic mass is 16.6. The zero-order valence-electron chi connectivity index (χ0n) is 29.0. The first-order valence-electron chi connectivity index (χ1n) is 15.9. The van der Waals surface area contributed by atoms with Crippen molar-refractivity contribution in [2.24, 2.45) is 5.92 Å². The molecule has 0 amide bonds. The van der Waals surface area contributed by atoms with Gasteiger partial charge in [-0.25, -0.2) is 0 Å². The molecule has 0 saturated carbocycles. The van der Waals surface area contributed by atoms with Gasteiger partial charge in [-0.3, -0.25) is 19.2 Å². The summed E-state index contributed by atoms with van der Waals surface area (Å²) < 4.78 is 4.78. The summed E-state index contributed by atoms with van der Waals surface area (Å²) in [6.45, 7) is 22.8. The van der Waals surface area contributed by atoms with E-state index < -0.39 is 41.1 Å². The first-order chi connectivity index (χ1) is 20.4. The van der Waals surface area contributed by atoms with Gasteiger partial charge >= 0.3 is 23.9 Å². The lowest BCUT2D eigenvalue weighted by Gasteiger charge is -2.35. The molecule has 7 heteroatoms. The highest BCUT2D eigenvalue weighted by Crippen LogP contribution is 2.43. The topological polar surface area (TPSA) is 118 Å². The number of hydrogen-bond donors (Lipinski definition) is 2. The van der Waals surface area contributed by atoms with Gasteiger partial charge in [0.05, 0.1) is 25.2 Å². The Morgan fingerprint density at radius 3 is 1.56 bits per heavy atom. The molecule has 1 aliphatic heterocycles. The molecule has 1 saturated heterocycles. The fourth-order valence-electron chi connectivity index (χ4n) is 6.11. The van der Waals surface area contributed by atoms with Crippen molar-refractivity contribution in [2.45, 2.75) is 135 Å². The quantitative estimate of drug-likeness (QED) is 0.214. The second kappa shape index (κ2) is 12.7. The standard InChI is InChI=1S/C38H52O7/c1-35(2,3)25-12-22(23-16-32(41)45-33(42)17-23)13-28(19-25)38(10,11)21-30(34(43)44)29(20-31(39)40)24-14-26(36(4,5)6)18-27(15-24)37(7,8)9/h12-15,18-19,23,29-30H,16-17,20-21H2,1-11H3,(H,39,40)(H,43,44). The van der Waals surface area contributed by atoms with Gasteiger partial charge in [-0.2, -0.15) is 0 Å². The van der Waals surface area contributed by atoms with Crippen LogP contribution in [0.15, 0.2) is 36.4 Å². The van der Waals surface area contributed by atoms with E-state index in [1.54, 1.807) is 0 Å². The molecule has 2 aromatic rings. The maximum atomic E-state index is 13.1. The lowest BCUT2D eigenvalue weighted by atomic mass is 9.68. The molecule has 1 heterocycles. The summed E-state index contributed by atoms with van der Waals surface area (Å²) >= 11 is 0. The second-order valence-electron chi connectivity index (χ2n) is 16.6. The van der Waals surface area contributed by atoms with Crippen molar-refractivity contribution < 1.29 is 34.1 Å². The van der Waals surface area contributed by atoms with E-state index in [4.69, 9.17) is 4.74 Å². The van der Waals surface area contributed by atoms with E-state index in [-0.39, 0.29) is 47.8 Å². The molecule has 7 nitrogen and oxygen atoms in total. The maximum Gasteiger partial charge on any atom is 0.314 e. The number of benzene rings is 2. The van der Waals surface area contributed by atoms with E-state index >= 15 is 0 Å². The van der Waals surface area contributed by atoms with Crippen LogP contribution in [-0.2, 0) is 45.6 Å². The van der Waals surface area contributed by atoms with Gasteiger partial charge in [0.15, 0.2) is 0 Å². The molecular weight excluding hydrogens is 568 g/mol. The van der Waals surface area contributed by atoms with Crippen molar-refractivity contribution >= 4 is 23.9 Å². The number of hydrogen-bond acceptors (Lipinski definition) is 5. The van der Waals surface area contributed by atoms with Crippen LogP contribution in [0.25, 0.3) is 0 Å². The number of carbonyl (C=O) groups is 4. The van der Waals surface area contributed by atoms with Crippen LogP contribution in [0.3, 0.4) is 0 Å². The molecule has 0 bridgehead atoms. The van der Waals surface area contributed by atoms with Crippen LogP contribution in [0.1, 0.15) is 147 Å². The Labute approximate surface area is 268 Å². The number of aliphatic carboxylic acids is 2. The molecule has 1 fully saturated rings. The zero-order valence-corrected chi connectivity index (χ0v) is 29.0. The second-order valence-corrected chi connectivity index (χ2v) is 16.6.